The van der Waals surface area contributed by atoms with Gasteiger partial charge in [-0.05, 0) is 51.8 Å². The minimum Gasteiger partial charge on any atom is -0.493 e. The van der Waals surface area contributed by atoms with Gasteiger partial charge in [-0.1, -0.05) is 24.1 Å². The van der Waals surface area contributed by atoms with Crippen LogP contribution in [0.25, 0.3) is 6.08 Å². The number of ether oxygens (including phenoxy) is 3. The van der Waals surface area contributed by atoms with E-state index in [2.05, 4.69) is 26.8 Å². The largest absolute Gasteiger partial charge is 0.493 e. The van der Waals surface area contributed by atoms with Gasteiger partial charge in [0.2, 0.25) is 5.90 Å². The Morgan fingerprint density at radius 1 is 1.31 bits per heavy atom. The number of halogens is 1. The molecule has 6 heteroatoms. The molecule has 0 aliphatic carbocycles. The second-order valence-corrected chi connectivity index (χ2v) is 6.08. The van der Waals surface area contributed by atoms with Crippen molar-refractivity contribution in [1.29, 1.82) is 0 Å². The van der Waals surface area contributed by atoms with Crippen molar-refractivity contribution < 1.29 is 19.0 Å². The average Bonchev–Trinajstić information content (AvgIpc) is 3.02. The summed E-state index contributed by atoms with van der Waals surface area (Å²) in [6, 6.07) is 12.7. The zero-order valence-electron chi connectivity index (χ0n) is 13.9. The first kappa shape index (κ1) is 17.8. The van der Waals surface area contributed by atoms with Gasteiger partial charge in [0.25, 0.3) is 0 Å². The van der Waals surface area contributed by atoms with Crippen LogP contribution in [0.2, 0.25) is 0 Å². The molecule has 0 aromatic heterocycles. The van der Waals surface area contributed by atoms with Gasteiger partial charge in [0.05, 0.1) is 11.6 Å². The maximum Gasteiger partial charge on any atom is 0.363 e. The van der Waals surface area contributed by atoms with Crippen LogP contribution in [0, 0.1) is 12.3 Å². The van der Waals surface area contributed by atoms with E-state index in [0.29, 0.717) is 21.5 Å². The summed E-state index contributed by atoms with van der Waals surface area (Å²) in [5, 5.41) is 0. The lowest BCUT2D eigenvalue weighted by molar-refractivity contribution is -0.129. The molecule has 0 amide bonds. The predicted octanol–water partition coefficient (Wildman–Crippen LogP) is 3.81. The fraction of sp³-hybridized carbons (Fsp3) is 0.100. The molecule has 2 aromatic carbocycles. The molecule has 0 bridgehead atoms. The predicted molar refractivity (Wildman–Crippen MR) is 102 cm³/mol. The lowest BCUT2D eigenvalue weighted by atomic mass is 10.1. The first-order valence-electron chi connectivity index (χ1n) is 7.64. The molecule has 0 unspecified atom stereocenters. The molecule has 0 fully saturated rings. The number of hydrogen-bond donors (Lipinski definition) is 0. The first-order valence-corrected chi connectivity index (χ1v) is 8.43. The Morgan fingerprint density at radius 3 is 2.77 bits per heavy atom. The van der Waals surface area contributed by atoms with Crippen molar-refractivity contribution in [2.75, 3.05) is 13.7 Å². The van der Waals surface area contributed by atoms with Gasteiger partial charge >= 0.3 is 5.97 Å². The zero-order valence-corrected chi connectivity index (χ0v) is 15.4. The topological polar surface area (TPSA) is 57.1 Å². The van der Waals surface area contributed by atoms with Crippen LogP contribution in [0.3, 0.4) is 0 Å². The van der Waals surface area contributed by atoms with Crippen molar-refractivity contribution in [2.45, 2.75) is 0 Å². The SMILES string of the molecule is C#CCOc1c(Br)cc(/C=C2/N=C(c3ccccc3)OC2=O)cc1OC. The summed E-state index contributed by atoms with van der Waals surface area (Å²) in [6.45, 7) is 0.118. The Bertz CT molecular complexity index is 942. The Kier molecular flexibility index (Phi) is 5.40. The quantitative estimate of drug-likeness (QED) is 0.426. The second-order valence-electron chi connectivity index (χ2n) is 5.23. The van der Waals surface area contributed by atoms with Crippen LogP contribution in [0.15, 0.2) is 57.6 Å². The van der Waals surface area contributed by atoms with E-state index in [9.17, 15) is 4.79 Å². The first-order chi connectivity index (χ1) is 12.6. The number of hydrogen-bond acceptors (Lipinski definition) is 5. The van der Waals surface area contributed by atoms with E-state index in [0.717, 1.165) is 5.56 Å². The molecule has 2 aromatic rings. The van der Waals surface area contributed by atoms with Gasteiger partial charge in [0.1, 0.15) is 6.61 Å². The summed E-state index contributed by atoms with van der Waals surface area (Å²) in [4.78, 5) is 16.4. The fourth-order valence-electron chi connectivity index (χ4n) is 2.35. The van der Waals surface area contributed by atoms with Crippen LogP contribution >= 0.6 is 15.9 Å². The third kappa shape index (κ3) is 3.79. The molecule has 1 aliphatic rings. The van der Waals surface area contributed by atoms with Crippen LogP contribution in [-0.2, 0) is 9.53 Å². The molecule has 1 aliphatic heterocycles. The van der Waals surface area contributed by atoms with Crippen molar-refractivity contribution in [3.8, 4) is 23.8 Å². The maximum atomic E-state index is 12.1. The Morgan fingerprint density at radius 2 is 2.08 bits per heavy atom. The monoisotopic (exact) mass is 411 g/mol. The Labute approximate surface area is 159 Å². The molecule has 0 radical (unpaired) electrons. The number of rotatable bonds is 5. The highest BCUT2D eigenvalue weighted by Crippen LogP contribution is 2.37. The van der Waals surface area contributed by atoms with Crippen LogP contribution in [0.5, 0.6) is 11.5 Å². The normalized spacial score (nSPS) is 14.6. The number of esters is 1. The third-order valence-electron chi connectivity index (χ3n) is 3.50. The molecule has 0 atom stereocenters. The fourth-order valence-corrected chi connectivity index (χ4v) is 2.92. The molecule has 0 saturated carbocycles. The molecular formula is C20H14BrNO4. The van der Waals surface area contributed by atoms with Crippen LogP contribution < -0.4 is 9.47 Å². The standard InChI is InChI=1S/C20H14BrNO4/c1-3-9-25-18-15(21)10-13(12-17(18)24-2)11-16-20(23)26-19(22-16)14-7-5-4-6-8-14/h1,4-8,10-12H,9H2,2H3/b16-11+. The van der Waals surface area contributed by atoms with E-state index >= 15 is 0 Å². The number of nitrogens with zero attached hydrogens (tertiary/aromatic N) is 1. The molecular weight excluding hydrogens is 398 g/mol. The van der Waals surface area contributed by atoms with Crippen molar-refractivity contribution in [1.82, 2.24) is 0 Å². The van der Waals surface area contributed by atoms with Crippen molar-refractivity contribution >= 4 is 33.9 Å². The second kappa shape index (κ2) is 7.89. The zero-order chi connectivity index (χ0) is 18.5. The molecule has 3 rings (SSSR count). The van der Waals surface area contributed by atoms with E-state index in [4.69, 9.17) is 20.6 Å². The van der Waals surface area contributed by atoms with E-state index < -0.39 is 5.97 Å². The van der Waals surface area contributed by atoms with Crippen LogP contribution in [0.4, 0.5) is 0 Å². The lowest BCUT2D eigenvalue weighted by Gasteiger charge is -2.11. The number of carbonyl (C=O) groups excluding carboxylic acids is 1. The highest BCUT2D eigenvalue weighted by atomic mass is 79.9. The number of cyclic esters (lactones) is 1. The van der Waals surface area contributed by atoms with Crippen LogP contribution in [-0.4, -0.2) is 25.6 Å². The Balaban J connectivity index is 1.94. The van der Waals surface area contributed by atoms with Crippen molar-refractivity contribution in [3.05, 3.63) is 63.8 Å². The van der Waals surface area contributed by atoms with Gasteiger partial charge < -0.3 is 14.2 Å². The summed E-state index contributed by atoms with van der Waals surface area (Å²) in [6.07, 6.45) is 6.85. The molecule has 130 valence electrons. The van der Waals surface area contributed by atoms with Crippen molar-refractivity contribution in [3.63, 3.8) is 0 Å². The third-order valence-corrected chi connectivity index (χ3v) is 4.09. The summed E-state index contributed by atoms with van der Waals surface area (Å²) in [5.74, 6) is 3.16. The minimum absolute atomic E-state index is 0.118. The molecule has 0 spiro atoms. The minimum atomic E-state index is -0.508. The van der Waals surface area contributed by atoms with Gasteiger partial charge in [0, 0.05) is 5.56 Å². The number of terminal acetylenes is 1. The average molecular weight is 412 g/mol. The van der Waals surface area contributed by atoms with E-state index in [1.807, 2.05) is 30.3 Å². The maximum absolute atomic E-state index is 12.1. The van der Waals surface area contributed by atoms with E-state index in [1.165, 1.54) is 7.11 Å². The van der Waals surface area contributed by atoms with Crippen LogP contribution in [0.1, 0.15) is 11.1 Å². The molecule has 5 nitrogen and oxygen atoms in total. The molecule has 1 heterocycles. The molecule has 0 N–H and O–H groups in total. The van der Waals surface area contributed by atoms with Gasteiger partial charge in [0.15, 0.2) is 17.2 Å². The number of methoxy groups -OCH3 is 1. The van der Waals surface area contributed by atoms with Gasteiger partial charge in [-0.3, -0.25) is 0 Å². The summed E-state index contributed by atoms with van der Waals surface area (Å²) in [7, 11) is 1.52. The van der Waals surface area contributed by atoms with Gasteiger partial charge in [-0.2, -0.15) is 0 Å². The van der Waals surface area contributed by atoms with E-state index in [-0.39, 0.29) is 18.2 Å². The van der Waals surface area contributed by atoms with Crippen molar-refractivity contribution in [2.24, 2.45) is 4.99 Å². The summed E-state index contributed by atoms with van der Waals surface area (Å²) >= 11 is 3.43. The lowest BCUT2D eigenvalue weighted by Crippen LogP contribution is -2.05. The number of benzene rings is 2. The molecule has 26 heavy (non-hydrogen) atoms. The molecule has 0 saturated heterocycles. The van der Waals surface area contributed by atoms with Gasteiger partial charge in [-0.15, -0.1) is 6.42 Å². The Hall–Kier alpha value is -3.04. The highest BCUT2D eigenvalue weighted by Gasteiger charge is 2.24. The van der Waals surface area contributed by atoms with E-state index in [1.54, 1.807) is 18.2 Å². The highest BCUT2D eigenvalue weighted by molar-refractivity contribution is 9.10. The number of aliphatic imine (C=N–C) groups is 1. The summed E-state index contributed by atoms with van der Waals surface area (Å²) < 4.78 is 16.7. The van der Waals surface area contributed by atoms with Gasteiger partial charge in [-0.25, -0.2) is 9.79 Å². The number of carbonyl (C=O) groups is 1. The summed E-state index contributed by atoms with van der Waals surface area (Å²) in [5.41, 5.74) is 1.64. The smallest absolute Gasteiger partial charge is 0.363 e.